The minimum absolute atomic E-state index is 0.0494. The van der Waals surface area contributed by atoms with Crippen LogP contribution in [0.5, 0.6) is 0 Å². The minimum Gasteiger partial charge on any atom is -0.350 e. The molecule has 2 fully saturated rings. The number of hydrogen-bond donors (Lipinski definition) is 0. The second kappa shape index (κ2) is 8.77. The predicted molar refractivity (Wildman–Crippen MR) is 115 cm³/mol. The van der Waals surface area contributed by atoms with Crippen molar-refractivity contribution >= 4 is 38.5 Å². The molecule has 1 atom stereocenters. The van der Waals surface area contributed by atoms with Gasteiger partial charge in [0.15, 0.2) is 5.82 Å². The Morgan fingerprint density at radius 1 is 1.12 bits per heavy atom. The molecule has 2 aliphatic heterocycles. The fourth-order valence-corrected chi connectivity index (χ4v) is 6.78. The van der Waals surface area contributed by atoms with Crippen LogP contribution in [0.15, 0.2) is 22.7 Å². The zero-order valence-corrected chi connectivity index (χ0v) is 19.3. The predicted octanol–water partition coefficient (Wildman–Crippen LogP) is 4.29. The molecule has 2 aromatic rings. The van der Waals surface area contributed by atoms with Gasteiger partial charge in [-0.2, -0.15) is 26.3 Å². The Balaban J connectivity index is 1.60. The number of amides is 1. The molecule has 1 amide bonds. The standard InChI is InChI=1S/C20H21F6N3O3S2/c1-34(31)8-4-12(5-9-34)18(30)29-7-6-28(17-10-15(32-27-17)19(21,22)23)11-13(29)14-2-3-16(33-14)20(24,25)26/h2-3,10,12-13H,1,4-9,11H2. The van der Waals surface area contributed by atoms with Gasteiger partial charge in [-0.15, -0.1) is 11.3 Å². The fourth-order valence-electron chi connectivity index (χ4n) is 4.17. The van der Waals surface area contributed by atoms with Crippen molar-refractivity contribution in [2.45, 2.75) is 31.2 Å². The van der Waals surface area contributed by atoms with Crippen molar-refractivity contribution in [1.82, 2.24) is 10.1 Å². The van der Waals surface area contributed by atoms with E-state index in [1.165, 1.54) is 15.9 Å². The molecular formula is C20H21F6N3O3S2. The SMILES string of the molecule is C=S1(=O)CCC(C(=O)N2CCN(c3cc(C(F)(F)F)on3)CC2c2ccc(C(F)(F)F)s2)CC1. The van der Waals surface area contributed by atoms with Crippen LogP contribution in [0, 0.1) is 5.92 Å². The van der Waals surface area contributed by atoms with Crippen LogP contribution in [0.3, 0.4) is 0 Å². The summed E-state index contributed by atoms with van der Waals surface area (Å²) in [5.41, 5.74) is 0. The van der Waals surface area contributed by atoms with Crippen LogP contribution in [0.2, 0.25) is 0 Å². The van der Waals surface area contributed by atoms with Gasteiger partial charge < -0.3 is 14.3 Å². The first-order chi connectivity index (χ1) is 15.7. The van der Waals surface area contributed by atoms with E-state index in [-0.39, 0.29) is 36.2 Å². The average molecular weight is 530 g/mol. The molecule has 0 spiro atoms. The molecule has 0 N–H and O–H groups in total. The average Bonchev–Trinajstić information content (AvgIpc) is 3.42. The van der Waals surface area contributed by atoms with Gasteiger partial charge in [-0.3, -0.25) is 9.00 Å². The van der Waals surface area contributed by atoms with Gasteiger partial charge in [-0.25, -0.2) is 0 Å². The van der Waals surface area contributed by atoms with Crippen LogP contribution in [0.25, 0.3) is 0 Å². The summed E-state index contributed by atoms with van der Waals surface area (Å²) in [7, 11) is -2.23. The molecule has 1 unspecified atom stereocenters. The number of nitrogens with zero attached hydrogens (tertiary/aromatic N) is 3. The van der Waals surface area contributed by atoms with E-state index < -0.39 is 44.5 Å². The molecule has 4 heterocycles. The summed E-state index contributed by atoms with van der Waals surface area (Å²) in [5.74, 6) is 2.18. The number of aromatic nitrogens is 1. The topological polar surface area (TPSA) is 66.7 Å². The first-order valence-corrected chi connectivity index (χ1v) is 13.2. The highest BCUT2D eigenvalue weighted by atomic mass is 32.2. The lowest BCUT2D eigenvalue weighted by Gasteiger charge is -2.43. The van der Waals surface area contributed by atoms with E-state index in [0.29, 0.717) is 35.7 Å². The van der Waals surface area contributed by atoms with Crippen molar-refractivity contribution in [3.63, 3.8) is 0 Å². The summed E-state index contributed by atoms with van der Waals surface area (Å²) in [5, 5.41) is 3.47. The molecule has 2 saturated heterocycles. The zero-order valence-electron chi connectivity index (χ0n) is 17.7. The van der Waals surface area contributed by atoms with E-state index in [2.05, 4.69) is 15.6 Å². The second-order valence-corrected chi connectivity index (χ2v) is 12.3. The molecule has 4 rings (SSSR count). The molecule has 2 aromatic heterocycles. The maximum atomic E-state index is 13.3. The molecule has 2 aliphatic rings. The lowest BCUT2D eigenvalue weighted by atomic mass is 9.98. The zero-order chi connectivity index (χ0) is 24.9. The Morgan fingerprint density at radius 3 is 2.35 bits per heavy atom. The minimum atomic E-state index is -4.73. The highest BCUT2D eigenvalue weighted by molar-refractivity contribution is 8.00. The number of thiophene rings is 1. The molecule has 188 valence electrons. The Labute approximate surface area is 195 Å². The van der Waals surface area contributed by atoms with Crippen molar-refractivity contribution in [3.05, 3.63) is 33.7 Å². The summed E-state index contributed by atoms with van der Waals surface area (Å²) in [6, 6.07) is 2.13. The number of anilines is 1. The van der Waals surface area contributed by atoms with E-state index in [9.17, 15) is 35.3 Å². The Morgan fingerprint density at radius 2 is 1.79 bits per heavy atom. The normalized spacial score (nSPS) is 26.6. The van der Waals surface area contributed by atoms with Crippen molar-refractivity contribution < 1.29 is 39.9 Å². The summed E-state index contributed by atoms with van der Waals surface area (Å²) >= 11 is 0.495. The Bertz CT molecular complexity index is 1140. The monoisotopic (exact) mass is 529 g/mol. The van der Waals surface area contributed by atoms with Crippen molar-refractivity contribution in [2.75, 3.05) is 36.0 Å². The molecule has 0 saturated carbocycles. The molecule has 0 aromatic carbocycles. The maximum Gasteiger partial charge on any atom is 0.452 e. The van der Waals surface area contributed by atoms with Crippen LogP contribution in [0.4, 0.5) is 32.2 Å². The summed E-state index contributed by atoms with van der Waals surface area (Å²) in [6.07, 6.45) is -8.56. The van der Waals surface area contributed by atoms with Crippen LogP contribution in [0.1, 0.15) is 34.4 Å². The number of hydrogen-bond acceptors (Lipinski definition) is 6. The van der Waals surface area contributed by atoms with Crippen molar-refractivity contribution in [1.29, 1.82) is 0 Å². The van der Waals surface area contributed by atoms with Gasteiger partial charge in [-0.1, -0.05) is 5.16 Å². The van der Waals surface area contributed by atoms with E-state index in [4.69, 9.17) is 0 Å². The van der Waals surface area contributed by atoms with Crippen LogP contribution in [-0.2, 0) is 26.7 Å². The number of piperazine rings is 1. The largest absolute Gasteiger partial charge is 0.452 e. The Kier molecular flexibility index (Phi) is 6.42. The molecule has 0 bridgehead atoms. The van der Waals surface area contributed by atoms with E-state index in [1.807, 2.05) is 0 Å². The molecule has 0 radical (unpaired) electrons. The van der Waals surface area contributed by atoms with Gasteiger partial charge in [0.1, 0.15) is 4.88 Å². The van der Waals surface area contributed by atoms with E-state index in [1.54, 1.807) is 0 Å². The van der Waals surface area contributed by atoms with Crippen LogP contribution < -0.4 is 4.90 Å². The third-order valence-corrected chi connectivity index (χ3v) is 9.22. The van der Waals surface area contributed by atoms with E-state index >= 15 is 0 Å². The third kappa shape index (κ3) is 5.21. The smallest absolute Gasteiger partial charge is 0.350 e. The quantitative estimate of drug-likeness (QED) is 0.439. The van der Waals surface area contributed by atoms with E-state index in [0.717, 1.165) is 12.1 Å². The fraction of sp³-hybridized carbons (Fsp3) is 0.550. The van der Waals surface area contributed by atoms with Gasteiger partial charge in [0.05, 0.1) is 6.04 Å². The van der Waals surface area contributed by atoms with Crippen molar-refractivity contribution in [2.24, 2.45) is 5.92 Å². The molecule has 6 nitrogen and oxygen atoms in total. The number of carbonyl (C=O) groups is 1. The summed E-state index contributed by atoms with van der Waals surface area (Å²) in [4.78, 5) is 15.7. The first kappa shape index (κ1) is 24.9. The lowest BCUT2D eigenvalue weighted by Crippen LogP contribution is -2.52. The number of carbonyl (C=O) groups excluding carboxylic acids is 1. The highest BCUT2D eigenvalue weighted by Crippen LogP contribution is 2.40. The van der Waals surface area contributed by atoms with Crippen molar-refractivity contribution in [3.8, 4) is 0 Å². The number of rotatable bonds is 3. The van der Waals surface area contributed by atoms with Gasteiger partial charge in [0.25, 0.3) is 0 Å². The second-order valence-electron chi connectivity index (χ2n) is 8.39. The molecule has 34 heavy (non-hydrogen) atoms. The molecule has 0 aliphatic carbocycles. The first-order valence-electron chi connectivity index (χ1n) is 10.3. The molecule has 14 heteroatoms. The maximum absolute atomic E-state index is 13.3. The summed E-state index contributed by atoms with van der Waals surface area (Å²) in [6.45, 7) is 0.155. The molecular weight excluding hydrogens is 508 g/mol. The third-order valence-electron chi connectivity index (χ3n) is 6.03. The van der Waals surface area contributed by atoms with Crippen LogP contribution in [-0.4, -0.2) is 57.2 Å². The highest BCUT2D eigenvalue weighted by Gasteiger charge is 2.41. The Hall–Kier alpha value is -2.22. The van der Waals surface area contributed by atoms with Crippen LogP contribution >= 0.6 is 11.3 Å². The van der Waals surface area contributed by atoms with Gasteiger partial charge >= 0.3 is 12.4 Å². The lowest BCUT2D eigenvalue weighted by molar-refractivity contribution is -0.155. The van der Waals surface area contributed by atoms with Gasteiger partial charge in [0, 0.05) is 48.0 Å². The number of halogens is 6. The summed E-state index contributed by atoms with van der Waals surface area (Å²) < 4.78 is 94.9. The van der Waals surface area contributed by atoms with Gasteiger partial charge in [-0.05, 0) is 40.4 Å². The number of alkyl halides is 6. The van der Waals surface area contributed by atoms with Gasteiger partial charge in [0.2, 0.25) is 11.7 Å².